The molecule has 2 aromatic rings. The van der Waals surface area contributed by atoms with Gasteiger partial charge in [0.1, 0.15) is 12.2 Å². The topological polar surface area (TPSA) is 56.7 Å². The Hall–Kier alpha value is -1.49. The second kappa shape index (κ2) is 5.91. The van der Waals surface area contributed by atoms with Crippen molar-refractivity contribution in [3.8, 4) is 0 Å². The Morgan fingerprint density at radius 3 is 3.00 bits per heavy atom. The summed E-state index contributed by atoms with van der Waals surface area (Å²) in [6.45, 7) is 5.16. The first-order valence-corrected chi connectivity index (χ1v) is 7.05. The molecule has 5 heteroatoms. The SMILES string of the molecule is CCCn1ncnc1CSc1cc(N)ccc1C. The van der Waals surface area contributed by atoms with Gasteiger partial charge in [-0.25, -0.2) is 9.67 Å². The number of hydrogen-bond donors (Lipinski definition) is 1. The predicted molar refractivity (Wildman–Crippen MR) is 75.5 cm³/mol. The van der Waals surface area contributed by atoms with E-state index in [1.54, 1.807) is 18.1 Å². The standard InChI is InChI=1S/C13H18N4S/c1-3-6-17-13(15-9-16-17)8-18-12-7-11(14)5-4-10(12)2/h4-5,7,9H,3,6,8,14H2,1-2H3. The van der Waals surface area contributed by atoms with Crippen LogP contribution in [0.4, 0.5) is 5.69 Å². The van der Waals surface area contributed by atoms with Gasteiger partial charge in [-0.05, 0) is 31.0 Å². The minimum absolute atomic E-state index is 0.804. The highest BCUT2D eigenvalue weighted by molar-refractivity contribution is 7.98. The molecule has 0 aliphatic rings. The van der Waals surface area contributed by atoms with Gasteiger partial charge in [0.15, 0.2) is 0 Å². The third-order valence-corrected chi connectivity index (χ3v) is 3.85. The van der Waals surface area contributed by atoms with Crippen molar-refractivity contribution in [2.24, 2.45) is 0 Å². The van der Waals surface area contributed by atoms with Crippen LogP contribution in [0.25, 0.3) is 0 Å². The zero-order valence-corrected chi connectivity index (χ0v) is 11.6. The van der Waals surface area contributed by atoms with Crippen LogP contribution in [0.15, 0.2) is 29.4 Å². The number of aromatic nitrogens is 3. The van der Waals surface area contributed by atoms with Crippen molar-refractivity contribution < 1.29 is 0 Å². The van der Waals surface area contributed by atoms with E-state index in [1.165, 1.54) is 10.5 Å². The van der Waals surface area contributed by atoms with Crippen LogP contribution in [0, 0.1) is 6.92 Å². The minimum atomic E-state index is 0.804. The van der Waals surface area contributed by atoms with E-state index in [0.717, 1.165) is 30.2 Å². The summed E-state index contributed by atoms with van der Waals surface area (Å²) in [4.78, 5) is 5.51. The molecular weight excluding hydrogens is 244 g/mol. The summed E-state index contributed by atoms with van der Waals surface area (Å²) in [5.41, 5.74) is 7.86. The van der Waals surface area contributed by atoms with E-state index >= 15 is 0 Å². The molecule has 4 nitrogen and oxygen atoms in total. The van der Waals surface area contributed by atoms with Crippen LogP contribution in [0.2, 0.25) is 0 Å². The number of aryl methyl sites for hydroxylation is 2. The molecule has 18 heavy (non-hydrogen) atoms. The maximum absolute atomic E-state index is 5.81. The highest BCUT2D eigenvalue weighted by Gasteiger charge is 2.06. The van der Waals surface area contributed by atoms with Gasteiger partial charge in [0.05, 0.1) is 5.75 Å². The lowest BCUT2D eigenvalue weighted by Gasteiger charge is -2.07. The van der Waals surface area contributed by atoms with Crippen LogP contribution >= 0.6 is 11.8 Å². The van der Waals surface area contributed by atoms with Crippen LogP contribution in [-0.4, -0.2) is 14.8 Å². The Kier molecular flexibility index (Phi) is 4.25. The van der Waals surface area contributed by atoms with E-state index in [-0.39, 0.29) is 0 Å². The van der Waals surface area contributed by atoms with Gasteiger partial charge in [0.25, 0.3) is 0 Å². The third kappa shape index (κ3) is 3.04. The summed E-state index contributed by atoms with van der Waals surface area (Å²) in [7, 11) is 0. The fourth-order valence-electron chi connectivity index (χ4n) is 1.71. The van der Waals surface area contributed by atoms with Crippen molar-refractivity contribution in [2.45, 2.75) is 37.5 Å². The predicted octanol–water partition coefficient (Wildman–Crippen LogP) is 2.87. The number of hydrogen-bond acceptors (Lipinski definition) is 4. The zero-order chi connectivity index (χ0) is 13.0. The minimum Gasteiger partial charge on any atom is -0.399 e. The number of benzene rings is 1. The van der Waals surface area contributed by atoms with E-state index in [1.807, 2.05) is 16.8 Å². The summed E-state index contributed by atoms with van der Waals surface area (Å²) in [5, 5.41) is 4.23. The normalized spacial score (nSPS) is 10.8. The van der Waals surface area contributed by atoms with Gasteiger partial charge in [-0.2, -0.15) is 5.10 Å². The summed E-state index contributed by atoms with van der Waals surface area (Å²) >= 11 is 1.76. The van der Waals surface area contributed by atoms with Gasteiger partial charge < -0.3 is 5.73 Å². The van der Waals surface area contributed by atoms with Crippen LogP contribution in [0.5, 0.6) is 0 Å². The maximum Gasteiger partial charge on any atom is 0.138 e. The molecule has 2 N–H and O–H groups in total. The maximum atomic E-state index is 5.81. The highest BCUT2D eigenvalue weighted by Crippen LogP contribution is 2.27. The number of nitrogens with zero attached hydrogens (tertiary/aromatic N) is 3. The number of rotatable bonds is 5. The molecule has 0 atom stereocenters. The quantitative estimate of drug-likeness (QED) is 0.665. The van der Waals surface area contributed by atoms with E-state index in [9.17, 15) is 0 Å². The molecule has 0 saturated carbocycles. The van der Waals surface area contributed by atoms with Gasteiger partial charge in [-0.1, -0.05) is 13.0 Å². The molecule has 2 rings (SSSR count). The average Bonchev–Trinajstić information content (AvgIpc) is 2.78. The first-order chi connectivity index (χ1) is 8.70. The van der Waals surface area contributed by atoms with Gasteiger partial charge >= 0.3 is 0 Å². The number of anilines is 1. The van der Waals surface area contributed by atoms with Crippen LogP contribution < -0.4 is 5.73 Å². The second-order valence-corrected chi connectivity index (χ2v) is 5.23. The van der Waals surface area contributed by atoms with E-state index in [4.69, 9.17) is 5.73 Å². The lowest BCUT2D eigenvalue weighted by Crippen LogP contribution is -2.04. The third-order valence-electron chi connectivity index (χ3n) is 2.70. The molecule has 0 fully saturated rings. The van der Waals surface area contributed by atoms with E-state index in [0.29, 0.717) is 0 Å². The molecule has 1 aromatic carbocycles. The lowest BCUT2D eigenvalue weighted by molar-refractivity contribution is 0.581. The van der Waals surface area contributed by atoms with Crippen LogP contribution in [0.3, 0.4) is 0 Å². The zero-order valence-electron chi connectivity index (χ0n) is 10.8. The van der Waals surface area contributed by atoms with Crippen molar-refractivity contribution in [3.05, 3.63) is 35.9 Å². The number of nitrogens with two attached hydrogens (primary N) is 1. The molecule has 0 aliphatic heterocycles. The number of thioether (sulfide) groups is 1. The van der Waals surface area contributed by atoms with Crippen molar-refractivity contribution >= 4 is 17.4 Å². The van der Waals surface area contributed by atoms with Crippen LogP contribution in [-0.2, 0) is 12.3 Å². The smallest absolute Gasteiger partial charge is 0.138 e. The average molecular weight is 262 g/mol. The molecule has 0 saturated heterocycles. The fraction of sp³-hybridized carbons (Fsp3) is 0.385. The van der Waals surface area contributed by atoms with Gasteiger partial charge in [0, 0.05) is 17.1 Å². The van der Waals surface area contributed by atoms with Crippen LogP contribution in [0.1, 0.15) is 24.7 Å². The van der Waals surface area contributed by atoms with Gasteiger partial charge in [-0.3, -0.25) is 0 Å². The first-order valence-electron chi connectivity index (χ1n) is 6.06. The van der Waals surface area contributed by atoms with Gasteiger partial charge in [-0.15, -0.1) is 11.8 Å². The second-order valence-electron chi connectivity index (χ2n) is 4.21. The van der Waals surface area contributed by atoms with Gasteiger partial charge in [0.2, 0.25) is 0 Å². The van der Waals surface area contributed by atoms with Crippen molar-refractivity contribution in [1.82, 2.24) is 14.8 Å². The summed E-state index contributed by atoms with van der Waals surface area (Å²) in [6, 6.07) is 5.99. The Morgan fingerprint density at radius 2 is 2.22 bits per heavy atom. The summed E-state index contributed by atoms with van der Waals surface area (Å²) in [6.07, 6.45) is 2.69. The van der Waals surface area contributed by atoms with E-state index < -0.39 is 0 Å². The van der Waals surface area contributed by atoms with Crippen molar-refractivity contribution in [2.75, 3.05) is 5.73 Å². The number of nitrogen functional groups attached to an aromatic ring is 1. The Morgan fingerprint density at radius 1 is 1.39 bits per heavy atom. The molecule has 0 unspecified atom stereocenters. The molecule has 0 aliphatic carbocycles. The molecule has 0 bridgehead atoms. The lowest BCUT2D eigenvalue weighted by atomic mass is 10.2. The molecule has 0 amide bonds. The Bertz CT molecular complexity index is 521. The largest absolute Gasteiger partial charge is 0.399 e. The highest BCUT2D eigenvalue weighted by atomic mass is 32.2. The molecule has 96 valence electrons. The van der Waals surface area contributed by atoms with E-state index in [2.05, 4.69) is 30.0 Å². The summed E-state index contributed by atoms with van der Waals surface area (Å²) in [5.74, 6) is 1.84. The first kappa shape index (κ1) is 13.0. The van der Waals surface area contributed by atoms with Crippen molar-refractivity contribution in [1.29, 1.82) is 0 Å². The molecule has 0 radical (unpaired) electrons. The van der Waals surface area contributed by atoms with Crippen molar-refractivity contribution in [3.63, 3.8) is 0 Å². The monoisotopic (exact) mass is 262 g/mol. The fourth-order valence-corrected chi connectivity index (χ4v) is 2.74. The Labute approximate surface area is 112 Å². The molecule has 1 heterocycles. The molecule has 0 spiro atoms. The Balaban J connectivity index is 2.06. The molecule has 1 aromatic heterocycles. The molecular formula is C13H18N4S. The summed E-state index contributed by atoms with van der Waals surface area (Å²) < 4.78 is 1.97.